The Hall–Kier alpha value is -3.53. The Kier molecular flexibility index (Phi) is 8.09. The molecule has 0 radical (unpaired) electrons. The molecule has 3 aromatic rings. The van der Waals surface area contributed by atoms with Gasteiger partial charge in [-0.05, 0) is 49.4 Å². The number of nitrogens with one attached hydrogen (secondary N) is 1. The summed E-state index contributed by atoms with van der Waals surface area (Å²) in [5, 5.41) is 11.6. The maximum Gasteiger partial charge on any atom is 0.338 e. The minimum atomic E-state index is -0.429. The van der Waals surface area contributed by atoms with Crippen LogP contribution in [0.3, 0.4) is 0 Å². The highest BCUT2D eigenvalue weighted by Gasteiger charge is 2.13. The van der Waals surface area contributed by atoms with Crippen molar-refractivity contribution >= 4 is 29.3 Å². The highest BCUT2D eigenvalue weighted by molar-refractivity contribution is 7.99. The molecule has 0 spiro atoms. The molecule has 32 heavy (non-hydrogen) atoms. The summed E-state index contributed by atoms with van der Waals surface area (Å²) in [5.41, 5.74) is 0.903. The first-order valence-corrected chi connectivity index (χ1v) is 10.8. The molecule has 10 heteroatoms. The average Bonchev–Trinajstić information content (AvgIpc) is 3.16. The standard InChI is InChI=1S/C22H24N4O5S/c1-4-30-21(28)15-6-5-7-16(12-15)23-20(27)14-32-22-25-24-19(26(22)2)13-31-18-10-8-17(29-3)9-11-18/h5-12H,4,13-14H2,1-3H3,(H,23,27). The highest BCUT2D eigenvalue weighted by atomic mass is 32.2. The van der Waals surface area contributed by atoms with Gasteiger partial charge in [0.25, 0.3) is 0 Å². The van der Waals surface area contributed by atoms with E-state index in [4.69, 9.17) is 14.2 Å². The zero-order valence-corrected chi connectivity index (χ0v) is 18.8. The van der Waals surface area contributed by atoms with Crippen molar-refractivity contribution in [2.24, 2.45) is 7.05 Å². The van der Waals surface area contributed by atoms with E-state index in [9.17, 15) is 9.59 Å². The lowest BCUT2D eigenvalue weighted by Gasteiger charge is -2.08. The van der Waals surface area contributed by atoms with Crippen LogP contribution in [0.2, 0.25) is 0 Å². The largest absolute Gasteiger partial charge is 0.497 e. The molecule has 1 N–H and O–H groups in total. The number of hydrogen-bond donors (Lipinski definition) is 1. The number of rotatable bonds is 10. The van der Waals surface area contributed by atoms with E-state index in [0.717, 1.165) is 5.75 Å². The highest BCUT2D eigenvalue weighted by Crippen LogP contribution is 2.20. The Bertz CT molecular complexity index is 1070. The third kappa shape index (κ3) is 6.24. The van der Waals surface area contributed by atoms with Gasteiger partial charge in [-0.15, -0.1) is 10.2 Å². The summed E-state index contributed by atoms with van der Waals surface area (Å²) in [7, 11) is 3.42. The summed E-state index contributed by atoms with van der Waals surface area (Å²) >= 11 is 1.25. The van der Waals surface area contributed by atoms with Crippen LogP contribution < -0.4 is 14.8 Å². The van der Waals surface area contributed by atoms with Crippen LogP contribution in [0.25, 0.3) is 0 Å². The lowest BCUT2D eigenvalue weighted by atomic mass is 10.2. The van der Waals surface area contributed by atoms with Crippen molar-refractivity contribution in [3.05, 3.63) is 59.9 Å². The number of hydrogen-bond acceptors (Lipinski definition) is 8. The predicted molar refractivity (Wildman–Crippen MR) is 120 cm³/mol. The van der Waals surface area contributed by atoms with Crippen molar-refractivity contribution in [3.63, 3.8) is 0 Å². The Morgan fingerprint density at radius 2 is 1.84 bits per heavy atom. The van der Waals surface area contributed by atoms with Gasteiger partial charge in [0.15, 0.2) is 11.0 Å². The predicted octanol–water partition coefficient (Wildman–Crippen LogP) is 3.31. The summed E-state index contributed by atoms with van der Waals surface area (Å²) in [4.78, 5) is 24.2. The van der Waals surface area contributed by atoms with Gasteiger partial charge in [-0.3, -0.25) is 4.79 Å². The fourth-order valence-corrected chi connectivity index (χ4v) is 3.41. The van der Waals surface area contributed by atoms with E-state index < -0.39 is 5.97 Å². The monoisotopic (exact) mass is 456 g/mol. The number of benzene rings is 2. The van der Waals surface area contributed by atoms with E-state index in [0.29, 0.717) is 28.0 Å². The van der Waals surface area contributed by atoms with Crippen LogP contribution in [0.5, 0.6) is 11.5 Å². The van der Waals surface area contributed by atoms with E-state index in [2.05, 4.69) is 15.5 Å². The normalized spacial score (nSPS) is 10.5. The van der Waals surface area contributed by atoms with E-state index in [1.807, 2.05) is 31.3 Å². The molecule has 0 bridgehead atoms. The number of esters is 1. The summed E-state index contributed by atoms with van der Waals surface area (Å²) in [6.07, 6.45) is 0. The summed E-state index contributed by atoms with van der Waals surface area (Å²) in [5.74, 6) is 1.55. The zero-order chi connectivity index (χ0) is 22.9. The van der Waals surface area contributed by atoms with Crippen molar-refractivity contribution in [1.82, 2.24) is 14.8 Å². The van der Waals surface area contributed by atoms with Crippen molar-refractivity contribution in [1.29, 1.82) is 0 Å². The van der Waals surface area contributed by atoms with Crippen LogP contribution in [0.4, 0.5) is 5.69 Å². The van der Waals surface area contributed by atoms with Gasteiger partial charge < -0.3 is 24.1 Å². The second-order valence-corrected chi connectivity index (χ2v) is 7.50. The Labute approximate surface area is 190 Å². The van der Waals surface area contributed by atoms with Crippen molar-refractivity contribution < 1.29 is 23.8 Å². The molecule has 1 aromatic heterocycles. The number of carbonyl (C=O) groups excluding carboxylic acids is 2. The molecule has 1 amide bonds. The summed E-state index contributed by atoms with van der Waals surface area (Å²) in [6, 6.07) is 13.9. The second-order valence-electron chi connectivity index (χ2n) is 6.56. The number of nitrogens with zero attached hydrogens (tertiary/aromatic N) is 3. The average molecular weight is 457 g/mol. The van der Waals surface area contributed by atoms with E-state index >= 15 is 0 Å². The number of thioether (sulfide) groups is 1. The molecule has 3 rings (SSSR count). The van der Waals surface area contributed by atoms with Gasteiger partial charge in [-0.25, -0.2) is 4.79 Å². The minimum Gasteiger partial charge on any atom is -0.497 e. The topological polar surface area (TPSA) is 105 Å². The maximum atomic E-state index is 12.3. The van der Waals surface area contributed by atoms with Crippen LogP contribution in [0.1, 0.15) is 23.1 Å². The number of amides is 1. The molecule has 0 aliphatic heterocycles. The molecule has 9 nitrogen and oxygen atoms in total. The van der Waals surface area contributed by atoms with Gasteiger partial charge in [0, 0.05) is 12.7 Å². The van der Waals surface area contributed by atoms with Gasteiger partial charge in [0.05, 0.1) is 25.0 Å². The van der Waals surface area contributed by atoms with Crippen LogP contribution in [0, 0.1) is 0 Å². The maximum absolute atomic E-state index is 12.3. The molecule has 168 valence electrons. The third-order valence-electron chi connectivity index (χ3n) is 4.34. The molecule has 0 aliphatic carbocycles. The van der Waals surface area contributed by atoms with Gasteiger partial charge in [0.1, 0.15) is 18.1 Å². The molecule has 0 aliphatic rings. The Balaban J connectivity index is 1.51. The number of aromatic nitrogens is 3. The fraction of sp³-hybridized carbons (Fsp3) is 0.273. The molecule has 2 aromatic carbocycles. The molecule has 0 unspecified atom stereocenters. The second kappa shape index (κ2) is 11.2. The number of ether oxygens (including phenoxy) is 3. The first-order valence-electron chi connectivity index (χ1n) is 9.85. The Morgan fingerprint density at radius 3 is 2.56 bits per heavy atom. The summed E-state index contributed by atoms with van der Waals surface area (Å²) in [6.45, 7) is 2.27. The molecule has 0 atom stereocenters. The SMILES string of the molecule is CCOC(=O)c1cccc(NC(=O)CSc2nnc(COc3ccc(OC)cc3)n2C)c1. The molecular formula is C22H24N4O5S. The first kappa shape index (κ1) is 23.1. The van der Waals surface area contributed by atoms with Gasteiger partial charge in [0.2, 0.25) is 5.91 Å². The van der Waals surface area contributed by atoms with Crippen LogP contribution >= 0.6 is 11.8 Å². The van der Waals surface area contributed by atoms with E-state index in [1.54, 1.807) is 42.9 Å². The van der Waals surface area contributed by atoms with Gasteiger partial charge in [-0.2, -0.15) is 0 Å². The lowest BCUT2D eigenvalue weighted by Crippen LogP contribution is -2.15. The smallest absolute Gasteiger partial charge is 0.338 e. The third-order valence-corrected chi connectivity index (χ3v) is 5.36. The molecule has 1 heterocycles. The van der Waals surface area contributed by atoms with Crippen LogP contribution in [0.15, 0.2) is 53.7 Å². The van der Waals surface area contributed by atoms with Crippen molar-refractivity contribution in [2.75, 3.05) is 24.8 Å². The Morgan fingerprint density at radius 1 is 1.09 bits per heavy atom. The van der Waals surface area contributed by atoms with Crippen LogP contribution in [-0.2, 0) is 23.2 Å². The molecule has 0 saturated heterocycles. The van der Waals surface area contributed by atoms with E-state index in [1.165, 1.54) is 11.8 Å². The number of methoxy groups -OCH3 is 1. The van der Waals surface area contributed by atoms with Gasteiger partial charge in [-0.1, -0.05) is 17.8 Å². The fourth-order valence-electron chi connectivity index (χ4n) is 2.68. The lowest BCUT2D eigenvalue weighted by molar-refractivity contribution is -0.113. The number of carbonyl (C=O) groups is 2. The summed E-state index contributed by atoms with van der Waals surface area (Å²) < 4.78 is 17.6. The van der Waals surface area contributed by atoms with Crippen LogP contribution in [-0.4, -0.2) is 46.1 Å². The van der Waals surface area contributed by atoms with Crippen molar-refractivity contribution in [2.45, 2.75) is 18.7 Å². The molecular weight excluding hydrogens is 432 g/mol. The van der Waals surface area contributed by atoms with Gasteiger partial charge >= 0.3 is 5.97 Å². The first-order chi connectivity index (χ1) is 15.5. The zero-order valence-electron chi connectivity index (χ0n) is 18.0. The minimum absolute atomic E-state index is 0.134. The number of anilines is 1. The van der Waals surface area contributed by atoms with E-state index in [-0.39, 0.29) is 24.9 Å². The quantitative estimate of drug-likeness (QED) is 0.366. The molecule has 0 fully saturated rings. The molecule has 0 saturated carbocycles. The van der Waals surface area contributed by atoms with Crippen molar-refractivity contribution in [3.8, 4) is 11.5 Å².